The Morgan fingerprint density at radius 2 is 1.94 bits per heavy atom. The molecule has 8 nitrogen and oxygen atoms in total. The first-order chi connectivity index (χ1) is 16.0. The molecule has 1 atom stereocenters. The third-order valence-electron chi connectivity index (χ3n) is 6.34. The van der Waals surface area contributed by atoms with Gasteiger partial charge in [0.2, 0.25) is 0 Å². The number of aromatic amines is 1. The van der Waals surface area contributed by atoms with Crippen molar-refractivity contribution in [1.29, 1.82) is 0 Å². The number of hydrogen-bond acceptors (Lipinski definition) is 5. The molecule has 34 heavy (non-hydrogen) atoms. The van der Waals surface area contributed by atoms with E-state index in [1.54, 1.807) is 24.3 Å². The molecule has 1 saturated heterocycles. The quantitative estimate of drug-likeness (QED) is 0.373. The van der Waals surface area contributed by atoms with Crippen LogP contribution in [0.5, 0.6) is 0 Å². The van der Waals surface area contributed by atoms with Crippen LogP contribution in [-0.4, -0.2) is 60.9 Å². The van der Waals surface area contributed by atoms with E-state index in [0.717, 1.165) is 5.69 Å². The van der Waals surface area contributed by atoms with Crippen LogP contribution in [0.4, 0.5) is 24.7 Å². The number of carbonyl (C=O) groups excluding carboxylic acids is 1. The average Bonchev–Trinajstić information content (AvgIpc) is 2.76. The first kappa shape index (κ1) is 24.0. The van der Waals surface area contributed by atoms with Gasteiger partial charge in [-0.3, -0.25) is 14.1 Å². The summed E-state index contributed by atoms with van der Waals surface area (Å²) in [5.74, 6) is -1.19. The number of anilines is 1. The molecule has 3 heterocycles. The number of hydrogen-bond donors (Lipinski definition) is 3. The van der Waals surface area contributed by atoms with Gasteiger partial charge in [0, 0.05) is 23.0 Å². The van der Waals surface area contributed by atoms with Gasteiger partial charge >= 0.3 is 6.18 Å². The zero-order valence-electron chi connectivity index (χ0n) is 18.9. The number of rotatable bonds is 6. The molecule has 0 aliphatic carbocycles. The molecule has 0 spiro atoms. The van der Waals surface area contributed by atoms with E-state index < -0.39 is 29.6 Å². The maximum Gasteiger partial charge on any atom is 0.408 e. The first-order valence-electron chi connectivity index (χ1n) is 11.0. The summed E-state index contributed by atoms with van der Waals surface area (Å²) in [7, 11) is 0. The fourth-order valence-corrected chi connectivity index (χ4v) is 4.63. The normalized spacial score (nSPS) is 17.2. The minimum absolute atomic E-state index is 0.0408. The second-order valence-corrected chi connectivity index (χ2v) is 8.99. The molecule has 2 aromatic heterocycles. The molecule has 182 valence electrons. The zero-order chi connectivity index (χ0) is 24.7. The van der Waals surface area contributed by atoms with Crippen LogP contribution < -0.4 is 21.1 Å². The van der Waals surface area contributed by atoms with Crippen LogP contribution in [0.15, 0.2) is 35.3 Å². The Morgan fingerprint density at radius 3 is 2.56 bits per heavy atom. The highest BCUT2D eigenvalue weighted by Gasteiger charge is 2.42. The molecular formula is C23H27F3N5O3+. The van der Waals surface area contributed by atoms with E-state index in [0.29, 0.717) is 37.1 Å². The van der Waals surface area contributed by atoms with Crippen molar-refractivity contribution in [1.82, 2.24) is 14.5 Å². The predicted molar refractivity (Wildman–Crippen MR) is 125 cm³/mol. The minimum atomic E-state index is -4.49. The smallest absolute Gasteiger partial charge is 0.370 e. The Bertz CT molecular complexity index is 1280. The van der Waals surface area contributed by atoms with Crippen molar-refractivity contribution >= 4 is 39.1 Å². The number of nitrogens with one attached hydrogen (secondary N) is 2. The van der Waals surface area contributed by atoms with Gasteiger partial charge in [0.15, 0.2) is 6.54 Å². The van der Waals surface area contributed by atoms with Crippen molar-refractivity contribution in [2.24, 2.45) is 11.7 Å². The number of pyridine rings is 2. The number of nitrogens with zero attached hydrogens (tertiary/aromatic N) is 2. The number of fused-ring (bicyclic) bond motifs is 3. The number of quaternary nitrogens is 1. The van der Waals surface area contributed by atoms with Crippen LogP contribution in [-0.2, 0) is 9.53 Å². The van der Waals surface area contributed by atoms with E-state index in [1.165, 1.54) is 20.0 Å². The fraction of sp³-hybridized carbons (Fsp3) is 0.435. The van der Waals surface area contributed by atoms with E-state index in [1.807, 2.05) is 0 Å². The number of nitrogens with two attached hydrogens (primary N) is 1. The van der Waals surface area contributed by atoms with E-state index in [4.69, 9.17) is 10.5 Å². The second kappa shape index (κ2) is 8.88. The highest BCUT2D eigenvalue weighted by molar-refractivity contribution is 6.10. The maximum absolute atomic E-state index is 13.7. The van der Waals surface area contributed by atoms with Gasteiger partial charge in [-0.25, -0.2) is 4.98 Å². The third-order valence-corrected chi connectivity index (χ3v) is 6.34. The molecule has 0 radical (unpaired) electrons. The number of morpholine rings is 1. The highest BCUT2D eigenvalue weighted by atomic mass is 19.4. The van der Waals surface area contributed by atoms with Crippen molar-refractivity contribution < 1.29 is 22.7 Å². The molecule has 4 rings (SSSR count). The summed E-state index contributed by atoms with van der Waals surface area (Å²) in [5.41, 5.74) is 6.14. The van der Waals surface area contributed by atoms with Crippen molar-refractivity contribution in [2.45, 2.75) is 26.1 Å². The van der Waals surface area contributed by atoms with Crippen LogP contribution in [0.3, 0.4) is 0 Å². The fourth-order valence-electron chi connectivity index (χ4n) is 4.63. The summed E-state index contributed by atoms with van der Waals surface area (Å²) in [6.45, 7) is 4.86. The van der Waals surface area contributed by atoms with Crippen molar-refractivity contribution in [3.8, 4) is 0 Å². The van der Waals surface area contributed by atoms with Crippen molar-refractivity contribution in [3.63, 3.8) is 0 Å². The monoisotopic (exact) mass is 478 g/mol. The molecule has 1 aliphatic heterocycles. The first-order valence-corrected chi connectivity index (χ1v) is 11.0. The number of benzene rings is 1. The summed E-state index contributed by atoms with van der Waals surface area (Å²) >= 11 is 0. The lowest BCUT2D eigenvalue weighted by molar-refractivity contribution is -0.150. The average molecular weight is 478 g/mol. The van der Waals surface area contributed by atoms with Gasteiger partial charge in [-0.15, -0.1) is 0 Å². The number of amides is 1. The minimum Gasteiger partial charge on any atom is -0.370 e. The van der Waals surface area contributed by atoms with Crippen molar-refractivity contribution in [2.75, 3.05) is 38.2 Å². The number of H-pyrrole nitrogens is 1. The van der Waals surface area contributed by atoms with Crippen molar-refractivity contribution in [3.05, 3.63) is 40.8 Å². The van der Waals surface area contributed by atoms with Gasteiger partial charge in [0.1, 0.15) is 30.6 Å². The van der Waals surface area contributed by atoms with Gasteiger partial charge in [-0.05, 0) is 24.1 Å². The summed E-state index contributed by atoms with van der Waals surface area (Å²) in [4.78, 5) is 31.6. The Labute approximate surface area is 193 Å². The van der Waals surface area contributed by atoms with Crippen LogP contribution in [0.1, 0.15) is 13.8 Å². The molecule has 1 aromatic carbocycles. The molecule has 1 aliphatic rings. The molecular weight excluding hydrogens is 451 g/mol. The lowest BCUT2D eigenvalue weighted by Gasteiger charge is -2.40. The third kappa shape index (κ3) is 4.45. The number of alkyl halides is 3. The summed E-state index contributed by atoms with van der Waals surface area (Å²) in [6.07, 6.45) is -3.08. The standard InChI is InChI=1S/C23H26F3N5O3/c1-13(2)20(23(24,25)26)30-21-15-4-3-14(31(12-18(27)32)7-9-34-10-8-31)11-16(15)19-17(29-21)5-6-28-22(19)33/h3-6,11,13,20H,7-10,12H2,1-2H3,(H3-,27,28,29,30,32,33)/p+1/t20-/m1/s1. The van der Waals surface area contributed by atoms with Crippen LogP contribution in [0.25, 0.3) is 21.7 Å². The number of aromatic nitrogens is 2. The predicted octanol–water partition coefficient (Wildman–Crippen LogP) is 2.90. The van der Waals surface area contributed by atoms with E-state index in [2.05, 4.69) is 15.3 Å². The van der Waals surface area contributed by atoms with Crippen LogP contribution in [0, 0.1) is 5.92 Å². The molecule has 1 amide bonds. The number of halogens is 3. The topological polar surface area (TPSA) is 110 Å². The van der Waals surface area contributed by atoms with E-state index in [9.17, 15) is 22.8 Å². The molecule has 0 bridgehead atoms. The van der Waals surface area contributed by atoms with Gasteiger partial charge in [0.25, 0.3) is 11.5 Å². The van der Waals surface area contributed by atoms with E-state index >= 15 is 0 Å². The van der Waals surface area contributed by atoms with Gasteiger partial charge in [-0.2, -0.15) is 13.2 Å². The SMILES string of the molecule is CC(C)[C@@H](Nc1nc2cc[nH]c(=O)c2c2cc([N+]3(CC(N)=O)CCOCC3)ccc12)C(F)(F)F. The van der Waals surface area contributed by atoms with E-state index in [-0.39, 0.29) is 27.7 Å². The molecule has 3 aromatic rings. The highest BCUT2D eigenvalue weighted by Crippen LogP contribution is 2.36. The summed E-state index contributed by atoms with van der Waals surface area (Å²) in [5, 5.41) is 3.67. The molecule has 1 fully saturated rings. The lowest BCUT2D eigenvalue weighted by atomic mass is 10.0. The molecule has 0 saturated carbocycles. The Hall–Kier alpha value is -3.18. The Morgan fingerprint density at radius 1 is 1.24 bits per heavy atom. The second-order valence-electron chi connectivity index (χ2n) is 8.99. The molecule has 4 N–H and O–H groups in total. The summed E-state index contributed by atoms with van der Waals surface area (Å²) < 4.78 is 46.8. The van der Waals surface area contributed by atoms with Gasteiger partial charge in [-0.1, -0.05) is 13.8 Å². The zero-order valence-corrected chi connectivity index (χ0v) is 18.9. The largest absolute Gasteiger partial charge is 0.408 e. The lowest BCUT2D eigenvalue weighted by Crippen LogP contribution is -2.59. The maximum atomic E-state index is 13.7. The number of carbonyl (C=O) groups is 1. The molecule has 11 heteroatoms. The number of ether oxygens (including phenoxy) is 1. The van der Waals surface area contributed by atoms with Crippen LogP contribution >= 0.6 is 0 Å². The molecule has 0 unspecified atom stereocenters. The Balaban J connectivity index is 1.96. The van der Waals surface area contributed by atoms with Crippen LogP contribution in [0.2, 0.25) is 0 Å². The number of primary amides is 1. The Kier molecular flexibility index (Phi) is 6.26. The van der Waals surface area contributed by atoms with Gasteiger partial charge in [0.05, 0.1) is 24.1 Å². The van der Waals surface area contributed by atoms with Gasteiger partial charge < -0.3 is 20.8 Å². The summed E-state index contributed by atoms with van der Waals surface area (Å²) in [6, 6.07) is 4.89.